The number of aliphatic hydroxyl groups excluding tert-OH is 4. The Morgan fingerprint density at radius 1 is 0.962 bits per heavy atom. The number of H-pyrrole nitrogens is 1. The summed E-state index contributed by atoms with van der Waals surface area (Å²) >= 11 is 1.35. The highest BCUT2D eigenvalue weighted by Gasteiger charge is 2.45. The number of aromatic amines is 1. The van der Waals surface area contributed by atoms with E-state index in [9.17, 15) is 28.3 Å². The first-order chi connectivity index (χ1) is 24.8. The Bertz CT molecular complexity index is 2050. The fourth-order valence-electron chi connectivity index (χ4n) is 5.05. The maximum Gasteiger partial charge on any atom is 0.351 e. The third kappa shape index (κ3) is 8.21. The van der Waals surface area contributed by atoms with E-state index in [2.05, 4.69) is 19.9 Å². The number of rotatable bonds is 6. The lowest BCUT2D eigenvalue weighted by atomic mass is 10.1. The molecule has 0 bridgehead atoms. The molecule has 7 rings (SSSR count). The van der Waals surface area contributed by atoms with Crippen LogP contribution >= 0.6 is 11.8 Å². The van der Waals surface area contributed by atoms with E-state index in [-0.39, 0.29) is 30.5 Å². The van der Waals surface area contributed by atoms with Crippen molar-refractivity contribution in [3.05, 3.63) is 61.4 Å². The molecule has 3 aliphatic heterocycles. The summed E-state index contributed by atoms with van der Waals surface area (Å²) in [7, 11) is 0. The topological polar surface area (TPSA) is 329 Å². The molecule has 7 heterocycles. The van der Waals surface area contributed by atoms with Crippen LogP contribution in [0, 0.1) is 12.7 Å². The number of aliphatic hydroxyl groups is 4. The number of imidazole rings is 1. The number of nitrogens with two attached hydrogens (primary N) is 3. The summed E-state index contributed by atoms with van der Waals surface area (Å²) < 4.78 is 51.5. The van der Waals surface area contributed by atoms with E-state index in [0.717, 1.165) is 21.5 Å². The van der Waals surface area contributed by atoms with Gasteiger partial charge in [0.1, 0.15) is 29.4 Å². The van der Waals surface area contributed by atoms with E-state index in [1.807, 2.05) is 4.98 Å². The van der Waals surface area contributed by atoms with E-state index < -0.39 is 84.0 Å². The van der Waals surface area contributed by atoms with Crippen molar-refractivity contribution in [1.82, 2.24) is 38.6 Å². The van der Waals surface area contributed by atoms with Crippen molar-refractivity contribution >= 4 is 40.5 Å². The molecule has 0 spiro atoms. The van der Waals surface area contributed by atoms with Crippen LogP contribution in [0.15, 0.2) is 33.1 Å². The van der Waals surface area contributed by atoms with Crippen LogP contribution in [0.4, 0.5) is 26.4 Å². The number of ether oxygens (including phenoxy) is 4. The molecule has 3 saturated heterocycles. The van der Waals surface area contributed by atoms with E-state index in [4.69, 9.17) is 51.5 Å². The first-order valence-electron chi connectivity index (χ1n) is 15.2. The van der Waals surface area contributed by atoms with Gasteiger partial charge in [-0.25, -0.2) is 23.4 Å². The molecular formula is C27H35F2N11O11S. The Kier molecular flexibility index (Phi) is 12.2. The van der Waals surface area contributed by atoms with Gasteiger partial charge >= 0.3 is 11.4 Å². The lowest BCUT2D eigenvalue weighted by molar-refractivity contribution is -0.0980. The normalized spacial score (nSPS) is 26.9. The van der Waals surface area contributed by atoms with Crippen molar-refractivity contribution in [2.24, 2.45) is 0 Å². The van der Waals surface area contributed by atoms with Crippen molar-refractivity contribution < 1.29 is 48.2 Å². The van der Waals surface area contributed by atoms with Gasteiger partial charge in [0.05, 0.1) is 39.0 Å². The number of thioether (sulfide) groups is 1. The van der Waals surface area contributed by atoms with Crippen LogP contribution in [-0.4, -0.2) is 121 Å². The standard InChI is InChI=1S/C10H13FN2O5.C9H12N6O3.C8H10FN3O3S/c1-4-2-13(10(17)12-8(4)16)9-6(11)7(15)5(3-14)18-9;10-7-6-8(14-9(11)13-7)15(3-12-6)4-2-17-5(1-16)18-4;9-4-1-12(8(14)11-7(4)10)5-3-16-6(2-13)15-5/h2,5-7,9,14-15H,3H2,1H3,(H,12,16,17);3-5,16H,1-2H2,(H4,10,11,13,14);1,5-6,13H,2-3H2,(H2,10,11,14)/t5-,6+,7-,9-;4-,5-;5-,6+/m011/s1. The number of hydrogen-bond donors (Lipinski definition) is 8. The van der Waals surface area contributed by atoms with Crippen molar-refractivity contribution in [1.29, 1.82) is 0 Å². The number of nitrogens with zero attached hydrogens (tertiary/aromatic N) is 7. The van der Waals surface area contributed by atoms with Gasteiger partial charge in [-0.2, -0.15) is 15.0 Å². The smallest absolute Gasteiger partial charge is 0.351 e. The van der Waals surface area contributed by atoms with Crippen LogP contribution in [0.25, 0.3) is 11.2 Å². The lowest BCUT2D eigenvalue weighted by Gasteiger charge is -2.15. The molecule has 4 aromatic heterocycles. The zero-order chi connectivity index (χ0) is 37.9. The first-order valence-corrected chi connectivity index (χ1v) is 16.3. The molecule has 11 N–H and O–H groups in total. The van der Waals surface area contributed by atoms with Crippen molar-refractivity contribution in [3.8, 4) is 0 Å². The van der Waals surface area contributed by atoms with Crippen molar-refractivity contribution in [2.45, 2.75) is 55.7 Å². The second kappa shape index (κ2) is 16.4. The molecule has 3 aliphatic rings. The van der Waals surface area contributed by atoms with E-state index in [0.29, 0.717) is 23.5 Å². The molecule has 284 valence electrons. The molecular weight excluding hydrogens is 724 g/mol. The Morgan fingerprint density at radius 2 is 1.71 bits per heavy atom. The molecule has 0 unspecified atom stereocenters. The van der Waals surface area contributed by atoms with Gasteiger partial charge in [0.25, 0.3) is 5.56 Å². The molecule has 22 nitrogen and oxygen atoms in total. The molecule has 3 fully saturated rings. The van der Waals surface area contributed by atoms with Gasteiger partial charge in [0.15, 0.2) is 48.0 Å². The Hall–Kier alpha value is -4.60. The fraction of sp³-hybridized carbons (Fsp3) is 0.519. The zero-order valence-corrected chi connectivity index (χ0v) is 27.9. The van der Waals surface area contributed by atoms with Crippen molar-refractivity contribution in [3.63, 3.8) is 0 Å². The predicted molar refractivity (Wildman–Crippen MR) is 175 cm³/mol. The highest BCUT2D eigenvalue weighted by atomic mass is 32.2. The monoisotopic (exact) mass is 759 g/mol. The number of nitrogen functional groups attached to an aromatic ring is 3. The van der Waals surface area contributed by atoms with Crippen LogP contribution in [0.5, 0.6) is 0 Å². The summed E-state index contributed by atoms with van der Waals surface area (Å²) in [5.74, 6) is -0.449. The van der Waals surface area contributed by atoms with Gasteiger partial charge < -0.3 is 56.6 Å². The molecule has 0 amide bonds. The molecule has 0 aromatic carbocycles. The Labute approximate surface area is 293 Å². The maximum absolute atomic E-state index is 13.8. The zero-order valence-electron chi connectivity index (χ0n) is 27.1. The van der Waals surface area contributed by atoms with Crippen LogP contribution in [0.1, 0.15) is 24.2 Å². The average molecular weight is 760 g/mol. The van der Waals surface area contributed by atoms with E-state index in [1.54, 1.807) is 4.57 Å². The SMILES string of the molecule is Cc1cn([C@H]2O[C@@H](CO)[C@H](O)[C@H]2F)c(=O)[nH]c1=O.Nc1nc(=O)n([C@H]2CS[C@@H](CO)O2)cc1F.Nc1nc(N)c2ncn([C@H]3CO[C@@H](CO)O3)c2n1. The molecule has 8 atom stereocenters. The second-order valence-electron chi connectivity index (χ2n) is 11.2. The van der Waals surface area contributed by atoms with Crippen LogP contribution in [0.3, 0.4) is 0 Å². The third-order valence-electron chi connectivity index (χ3n) is 7.68. The van der Waals surface area contributed by atoms with Gasteiger partial charge in [-0.1, -0.05) is 0 Å². The summed E-state index contributed by atoms with van der Waals surface area (Å²) in [5.41, 5.74) is 15.1. The lowest BCUT2D eigenvalue weighted by Crippen LogP contribution is -2.36. The summed E-state index contributed by atoms with van der Waals surface area (Å²) in [4.78, 5) is 51.5. The predicted octanol–water partition coefficient (Wildman–Crippen LogP) is -3.17. The minimum Gasteiger partial charge on any atom is -0.394 e. The van der Waals surface area contributed by atoms with E-state index in [1.165, 1.54) is 25.0 Å². The van der Waals surface area contributed by atoms with Crippen molar-refractivity contribution in [2.75, 3.05) is 49.4 Å². The number of fused-ring (bicyclic) bond motifs is 1. The second-order valence-corrected chi connectivity index (χ2v) is 12.4. The largest absolute Gasteiger partial charge is 0.394 e. The summed E-state index contributed by atoms with van der Waals surface area (Å²) in [6, 6.07) is 0. The number of nitrogens with one attached hydrogen (secondary N) is 1. The molecule has 25 heteroatoms. The Balaban J connectivity index is 0.000000151. The number of hydrogen-bond acceptors (Lipinski definition) is 19. The minimum absolute atomic E-state index is 0.0689. The molecule has 0 aliphatic carbocycles. The van der Waals surface area contributed by atoms with Gasteiger partial charge in [-0.3, -0.25) is 23.5 Å². The maximum atomic E-state index is 13.8. The summed E-state index contributed by atoms with van der Waals surface area (Å²) in [6.45, 7) is 0.829. The average Bonchev–Trinajstić information content (AvgIpc) is 3.92. The number of alkyl halides is 1. The number of aryl methyl sites for hydroxylation is 1. The van der Waals surface area contributed by atoms with Crippen LogP contribution < -0.4 is 34.1 Å². The molecule has 52 heavy (non-hydrogen) atoms. The third-order valence-corrected chi connectivity index (χ3v) is 8.79. The molecule has 4 aromatic rings. The van der Waals surface area contributed by atoms with E-state index >= 15 is 0 Å². The van der Waals surface area contributed by atoms with Gasteiger partial charge in [0.2, 0.25) is 5.95 Å². The van der Waals surface area contributed by atoms with Crippen LogP contribution in [-0.2, 0) is 18.9 Å². The fourth-order valence-corrected chi connectivity index (χ4v) is 5.98. The first kappa shape index (κ1) is 38.6. The van der Waals surface area contributed by atoms with Gasteiger partial charge in [-0.15, -0.1) is 11.8 Å². The summed E-state index contributed by atoms with van der Waals surface area (Å²) in [6.07, 6.45) is -3.83. The van der Waals surface area contributed by atoms with Crippen LogP contribution in [0.2, 0.25) is 0 Å². The van der Waals surface area contributed by atoms with Gasteiger partial charge in [0, 0.05) is 17.5 Å². The highest BCUT2D eigenvalue weighted by molar-refractivity contribution is 8.00. The Morgan fingerprint density at radius 3 is 2.35 bits per heavy atom. The summed E-state index contributed by atoms with van der Waals surface area (Å²) in [5, 5.41) is 36.1. The number of anilines is 3. The minimum atomic E-state index is -1.86. The number of halogens is 2. The van der Waals surface area contributed by atoms with Gasteiger partial charge in [-0.05, 0) is 6.92 Å². The highest BCUT2D eigenvalue weighted by Crippen LogP contribution is 2.32. The molecule has 0 saturated carbocycles. The number of aromatic nitrogens is 8. The quantitative estimate of drug-likeness (QED) is 0.0961. The molecule has 0 radical (unpaired) electrons.